The predicted molar refractivity (Wildman–Crippen MR) is 89.1 cm³/mol. The number of nitrogens with one attached hydrogen (secondary N) is 3. The Hall–Kier alpha value is -2.04. The van der Waals surface area contributed by atoms with Crippen LogP contribution in [-0.2, 0) is 4.79 Å². The summed E-state index contributed by atoms with van der Waals surface area (Å²) in [6, 6.07) is 9.97. The standard InChI is InChI=1S/C18H25N3O2/c22-17-16(10-11-19-17)21-18(23)20-12-14-8-4-5-9-15(14)13-6-2-1-3-7-13/h1-3,6-7,14-16H,4-5,8-12H2,(H,19,22)(H2,20,21,23). The highest BCUT2D eigenvalue weighted by atomic mass is 16.2. The Balaban J connectivity index is 1.53. The van der Waals surface area contributed by atoms with Gasteiger partial charge in [-0.15, -0.1) is 0 Å². The lowest BCUT2D eigenvalue weighted by Crippen LogP contribution is -2.47. The molecule has 5 heteroatoms. The Morgan fingerprint density at radius 2 is 1.91 bits per heavy atom. The average Bonchev–Trinajstić information content (AvgIpc) is 2.99. The fraction of sp³-hybridized carbons (Fsp3) is 0.556. The molecule has 3 atom stereocenters. The molecule has 5 nitrogen and oxygen atoms in total. The molecule has 1 aliphatic carbocycles. The van der Waals surface area contributed by atoms with Crippen molar-refractivity contribution in [2.24, 2.45) is 5.92 Å². The van der Waals surface area contributed by atoms with Gasteiger partial charge >= 0.3 is 6.03 Å². The highest BCUT2D eigenvalue weighted by molar-refractivity contribution is 5.88. The highest BCUT2D eigenvalue weighted by Gasteiger charge is 2.28. The lowest BCUT2D eigenvalue weighted by molar-refractivity contribution is -0.120. The van der Waals surface area contributed by atoms with E-state index in [9.17, 15) is 9.59 Å². The van der Waals surface area contributed by atoms with Crippen molar-refractivity contribution in [3.05, 3.63) is 35.9 Å². The molecule has 124 valence electrons. The molecule has 1 aliphatic heterocycles. The maximum Gasteiger partial charge on any atom is 0.315 e. The van der Waals surface area contributed by atoms with Gasteiger partial charge in [-0.3, -0.25) is 4.79 Å². The molecule has 3 unspecified atom stereocenters. The van der Waals surface area contributed by atoms with Crippen LogP contribution in [0.4, 0.5) is 4.79 Å². The van der Waals surface area contributed by atoms with Gasteiger partial charge in [-0.1, -0.05) is 43.2 Å². The van der Waals surface area contributed by atoms with Gasteiger partial charge in [0.15, 0.2) is 0 Å². The largest absolute Gasteiger partial charge is 0.354 e. The molecule has 3 rings (SSSR count). The minimum Gasteiger partial charge on any atom is -0.354 e. The molecule has 0 spiro atoms. The minimum atomic E-state index is -0.383. The second-order valence-electron chi connectivity index (χ2n) is 6.55. The fourth-order valence-corrected chi connectivity index (χ4v) is 3.76. The normalized spacial score (nSPS) is 27.3. The van der Waals surface area contributed by atoms with Crippen LogP contribution in [0.25, 0.3) is 0 Å². The average molecular weight is 315 g/mol. The maximum absolute atomic E-state index is 12.0. The van der Waals surface area contributed by atoms with Crippen molar-refractivity contribution in [1.29, 1.82) is 0 Å². The van der Waals surface area contributed by atoms with Crippen LogP contribution in [0.15, 0.2) is 30.3 Å². The second-order valence-corrected chi connectivity index (χ2v) is 6.55. The summed E-state index contributed by atoms with van der Waals surface area (Å²) >= 11 is 0. The van der Waals surface area contributed by atoms with Crippen molar-refractivity contribution in [1.82, 2.24) is 16.0 Å². The summed E-state index contributed by atoms with van der Waals surface area (Å²) in [5.41, 5.74) is 1.37. The number of hydrogen-bond acceptors (Lipinski definition) is 2. The first-order valence-electron chi connectivity index (χ1n) is 8.61. The van der Waals surface area contributed by atoms with E-state index in [1.54, 1.807) is 0 Å². The molecule has 23 heavy (non-hydrogen) atoms. The van der Waals surface area contributed by atoms with E-state index in [0.717, 1.165) is 6.42 Å². The molecular formula is C18H25N3O2. The Morgan fingerprint density at radius 3 is 2.65 bits per heavy atom. The van der Waals surface area contributed by atoms with Gasteiger partial charge in [0.1, 0.15) is 6.04 Å². The maximum atomic E-state index is 12.0. The van der Waals surface area contributed by atoms with Crippen LogP contribution in [0, 0.1) is 5.92 Å². The van der Waals surface area contributed by atoms with E-state index in [4.69, 9.17) is 0 Å². The van der Waals surface area contributed by atoms with E-state index in [1.807, 2.05) is 6.07 Å². The number of rotatable bonds is 4. The molecule has 1 aromatic rings. The third-order valence-electron chi connectivity index (χ3n) is 5.02. The van der Waals surface area contributed by atoms with Crippen LogP contribution >= 0.6 is 0 Å². The highest BCUT2D eigenvalue weighted by Crippen LogP contribution is 2.37. The zero-order valence-electron chi connectivity index (χ0n) is 13.4. The predicted octanol–water partition coefficient (Wildman–Crippen LogP) is 2.15. The first-order valence-corrected chi connectivity index (χ1v) is 8.61. The van der Waals surface area contributed by atoms with Gasteiger partial charge in [0.2, 0.25) is 5.91 Å². The summed E-state index contributed by atoms with van der Waals surface area (Å²) < 4.78 is 0. The van der Waals surface area contributed by atoms with E-state index >= 15 is 0 Å². The van der Waals surface area contributed by atoms with Crippen LogP contribution in [0.5, 0.6) is 0 Å². The Morgan fingerprint density at radius 1 is 1.13 bits per heavy atom. The SMILES string of the molecule is O=C(NCC1CCCCC1c1ccccc1)NC1CCNC1=O. The summed E-state index contributed by atoms with van der Waals surface area (Å²) in [7, 11) is 0. The number of amides is 3. The Bertz CT molecular complexity index is 546. The number of benzene rings is 1. The quantitative estimate of drug-likeness (QED) is 0.797. The van der Waals surface area contributed by atoms with Crippen LogP contribution in [-0.4, -0.2) is 31.1 Å². The van der Waals surface area contributed by atoms with Gasteiger partial charge in [0.05, 0.1) is 0 Å². The van der Waals surface area contributed by atoms with Gasteiger partial charge < -0.3 is 16.0 Å². The molecule has 2 aliphatic rings. The molecule has 3 amide bonds. The number of carbonyl (C=O) groups is 2. The van der Waals surface area contributed by atoms with Gasteiger partial charge in [-0.05, 0) is 36.7 Å². The van der Waals surface area contributed by atoms with Crippen molar-refractivity contribution in [2.75, 3.05) is 13.1 Å². The van der Waals surface area contributed by atoms with E-state index in [-0.39, 0.29) is 18.0 Å². The third kappa shape index (κ3) is 4.03. The summed E-state index contributed by atoms with van der Waals surface area (Å²) in [5, 5.41) is 8.46. The van der Waals surface area contributed by atoms with Gasteiger partial charge in [-0.2, -0.15) is 0 Å². The summed E-state index contributed by atoms with van der Waals surface area (Å²) in [4.78, 5) is 23.5. The minimum absolute atomic E-state index is 0.0834. The fourth-order valence-electron chi connectivity index (χ4n) is 3.76. The van der Waals surface area contributed by atoms with Gasteiger partial charge in [-0.25, -0.2) is 4.79 Å². The summed E-state index contributed by atoms with van der Waals surface area (Å²) in [6.07, 6.45) is 5.47. The van der Waals surface area contributed by atoms with Crippen molar-refractivity contribution in [2.45, 2.75) is 44.1 Å². The number of hydrogen-bond donors (Lipinski definition) is 3. The van der Waals surface area contributed by atoms with Crippen LogP contribution in [0.1, 0.15) is 43.6 Å². The number of urea groups is 1. The van der Waals surface area contributed by atoms with Crippen LogP contribution in [0.2, 0.25) is 0 Å². The number of carbonyl (C=O) groups excluding carboxylic acids is 2. The van der Waals surface area contributed by atoms with Gasteiger partial charge in [0, 0.05) is 13.1 Å². The molecule has 1 heterocycles. The van der Waals surface area contributed by atoms with Crippen molar-refractivity contribution in [3.8, 4) is 0 Å². The second kappa shape index (κ2) is 7.49. The van der Waals surface area contributed by atoms with Crippen LogP contribution < -0.4 is 16.0 Å². The summed E-state index contributed by atoms with van der Waals surface area (Å²) in [6.45, 7) is 1.31. The molecular weight excluding hydrogens is 290 g/mol. The van der Waals surface area contributed by atoms with Crippen molar-refractivity contribution < 1.29 is 9.59 Å². The van der Waals surface area contributed by atoms with Crippen molar-refractivity contribution in [3.63, 3.8) is 0 Å². The summed E-state index contributed by atoms with van der Waals surface area (Å²) in [5.74, 6) is 0.898. The van der Waals surface area contributed by atoms with Gasteiger partial charge in [0.25, 0.3) is 0 Å². The van der Waals surface area contributed by atoms with Crippen molar-refractivity contribution >= 4 is 11.9 Å². The molecule has 2 fully saturated rings. The molecule has 0 bridgehead atoms. The van der Waals surface area contributed by atoms with Crippen LogP contribution in [0.3, 0.4) is 0 Å². The monoisotopic (exact) mass is 315 g/mol. The van der Waals surface area contributed by atoms with E-state index in [0.29, 0.717) is 31.3 Å². The lowest BCUT2D eigenvalue weighted by atomic mass is 9.75. The molecule has 1 aromatic carbocycles. The first kappa shape index (κ1) is 15.8. The third-order valence-corrected chi connectivity index (χ3v) is 5.02. The van der Waals surface area contributed by atoms with E-state index < -0.39 is 0 Å². The molecule has 0 radical (unpaired) electrons. The topological polar surface area (TPSA) is 70.2 Å². The lowest BCUT2D eigenvalue weighted by Gasteiger charge is -2.32. The Kier molecular flexibility index (Phi) is 5.16. The first-order chi connectivity index (χ1) is 11.2. The molecule has 3 N–H and O–H groups in total. The van der Waals surface area contributed by atoms with E-state index in [1.165, 1.54) is 24.8 Å². The smallest absolute Gasteiger partial charge is 0.315 e. The molecule has 1 saturated carbocycles. The zero-order chi connectivity index (χ0) is 16.1. The zero-order valence-corrected chi connectivity index (χ0v) is 13.4. The van der Waals surface area contributed by atoms with E-state index in [2.05, 4.69) is 40.2 Å². The molecule has 1 saturated heterocycles. The Labute approximate surface area is 137 Å². The molecule has 0 aromatic heterocycles.